The number of carbonyl (C=O) groups is 1. The molecule has 1 amide bonds. The van der Waals surface area contributed by atoms with E-state index in [9.17, 15) is 18.3 Å². The van der Waals surface area contributed by atoms with Crippen molar-refractivity contribution >= 4 is 27.0 Å². The van der Waals surface area contributed by atoms with Gasteiger partial charge in [-0.1, -0.05) is 18.2 Å². The number of benzene rings is 3. The predicted molar refractivity (Wildman–Crippen MR) is 117 cm³/mol. The number of rotatable bonds is 7. The molecule has 0 saturated carbocycles. The summed E-state index contributed by atoms with van der Waals surface area (Å²) in [5, 5.41) is 9.78. The van der Waals surface area contributed by atoms with Crippen LogP contribution in [0.5, 0.6) is 5.75 Å². The number of sulfonamides is 1. The van der Waals surface area contributed by atoms with Crippen LogP contribution in [0.2, 0.25) is 0 Å². The number of H-pyrrole nitrogens is 1. The standard InChI is InChI=1S/C22H20N4O4S/c23-21(28)16-7-10-18-19(13-16)26-22(25-18)15-5-8-17(9-6-15)31(29,30)24-12-11-14-3-1-2-4-20(14)27/h1-10,13,24,27H,11-12H2,(H2,23,28)(H,25,26). The Morgan fingerprint density at radius 1 is 1.06 bits per heavy atom. The van der Waals surface area contributed by atoms with Crippen LogP contribution in [0.1, 0.15) is 15.9 Å². The van der Waals surface area contributed by atoms with Gasteiger partial charge in [-0.05, 0) is 60.5 Å². The number of imidazole rings is 1. The second-order valence-electron chi connectivity index (χ2n) is 6.98. The van der Waals surface area contributed by atoms with Gasteiger partial charge >= 0.3 is 0 Å². The minimum absolute atomic E-state index is 0.126. The molecule has 31 heavy (non-hydrogen) atoms. The molecule has 0 radical (unpaired) electrons. The Kier molecular flexibility index (Phi) is 5.45. The van der Waals surface area contributed by atoms with Crippen LogP contribution in [0.4, 0.5) is 0 Å². The highest BCUT2D eigenvalue weighted by atomic mass is 32.2. The topological polar surface area (TPSA) is 138 Å². The summed E-state index contributed by atoms with van der Waals surface area (Å²) < 4.78 is 27.7. The Labute approximate surface area is 178 Å². The number of amides is 1. The second-order valence-corrected chi connectivity index (χ2v) is 8.75. The molecule has 1 aromatic heterocycles. The fourth-order valence-corrected chi connectivity index (χ4v) is 4.25. The van der Waals surface area contributed by atoms with E-state index in [0.717, 1.165) is 0 Å². The summed E-state index contributed by atoms with van der Waals surface area (Å²) >= 11 is 0. The number of carbonyl (C=O) groups excluding carboxylic acids is 1. The maximum atomic E-state index is 12.6. The minimum atomic E-state index is -3.70. The van der Waals surface area contributed by atoms with Crippen LogP contribution >= 0.6 is 0 Å². The third-order valence-corrected chi connectivity index (χ3v) is 6.36. The van der Waals surface area contributed by atoms with Gasteiger partial charge in [0, 0.05) is 17.7 Å². The van der Waals surface area contributed by atoms with Crippen molar-refractivity contribution in [2.75, 3.05) is 6.54 Å². The van der Waals surface area contributed by atoms with Gasteiger partial charge in [0.15, 0.2) is 0 Å². The highest BCUT2D eigenvalue weighted by Gasteiger charge is 2.15. The molecule has 8 nitrogen and oxygen atoms in total. The molecule has 0 bridgehead atoms. The molecule has 0 saturated heterocycles. The highest BCUT2D eigenvalue weighted by molar-refractivity contribution is 7.89. The lowest BCUT2D eigenvalue weighted by molar-refractivity contribution is 0.100. The largest absolute Gasteiger partial charge is 0.508 e. The average molecular weight is 436 g/mol. The van der Waals surface area contributed by atoms with E-state index >= 15 is 0 Å². The van der Waals surface area contributed by atoms with E-state index in [1.165, 1.54) is 12.1 Å². The lowest BCUT2D eigenvalue weighted by atomic mass is 10.1. The molecular weight excluding hydrogens is 416 g/mol. The Hall–Kier alpha value is -3.69. The van der Waals surface area contributed by atoms with Gasteiger partial charge < -0.3 is 15.8 Å². The number of para-hydroxylation sites is 1. The van der Waals surface area contributed by atoms with Crippen LogP contribution in [0.3, 0.4) is 0 Å². The van der Waals surface area contributed by atoms with Crippen LogP contribution in [0.15, 0.2) is 71.6 Å². The first-order chi connectivity index (χ1) is 14.8. The summed E-state index contributed by atoms with van der Waals surface area (Å²) in [4.78, 5) is 19.0. The molecule has 0 aliphatic rings. The number of hydrogen-bond acceptors (Lipinski definition) is 5. The lowest BCUT2D eigenvalue weighted by Crippen LogP contribution is -2.26. The van der Waals surface area contributed by atoms with Crippen molar-refractivity contribution in [1.82, 2.24) is 14.7 Å². The van der Waals surface area contributed by atoms with Crippen molar-refractivity contribution in [3.8, 4) is 17.1 Å². The predicted octanol–water partition coefficient (Wildman–Crippen LogP) is 2.56. The van der Waals surface area contributed by atoms with Crippen molar-refractivity contribution in [3.05, 3.63) is 77.9 Å². The number of aromatic amines is 1. The van der Waals surface area contributed by atoms with E-state index in [1.54, 1.807) is 54.6 Å². The van der Waals surface area contributed by atoms with Gasteiger partial charge in [-0.2, -0.15) is 0 Å². The maximum Gasteiger partial charge on any atom is 0.248 e. The van der Waals surface area contributed by atoms with Gasteiger partial charge in [0.05, 0.1) is 15.9 Å². The van der Waals surface area contributed by atoms with Gasteiger partial charge in [-0.25, -0.2) is 18.1 Å². The Morgan fingerprint density at radius 2 is 1.81 bits per heavy atom. The van der Waals surface area contributed by atoms with E-state index in [1.807, 2.05) is 0 Å². The lowest BCUT2D eigenvalue weighted by Gasteiger charge is -2.08. The molecule has 1 heterocycles. The number of aromatic nitrogens is 2. The molecule has 0 unspecified atom stereocenters. The van der Waals surface area contributed by atoms with E-state index in [4.69, 9.17) is 5.73 Å². The summed E-state index contributed by atoms with van der Waals surface area (Å²) in [6, 6.07) is 18.1. The van der Waals surface area contributed by atoms with Crippen LogP contribution in [-0.4, -0.2) is 35.9 Å². The summed E-state index contributed by atoms with van der Waals surface area (Å²) in [6.07, 6.45) is 0.371. The number of fused-ring (bicyclic) bond motifs is 1. The normalized spacial score (nSPS) is 11.6. The van der Waals surface area contributed by atoms with E-state index in [-0.39, 0.29) is 17.2 Å². The third-order valence-electron chi connectivity index (χ3n) is 4.88. The van der Waals surface area contributed by atoms with E-state index in [2.05, 4.69) is 14.7 Å². The number of nitrogens with two attached hydrogens (primary N) is 1. The first kappa shape index (κ1) is 20.6. The zero-order valence-electron chi connectivity index (χ0n) is 16.4. The molecular formula is C22H20N4O4S. The average Bonchev–Trinajstić information content (AvgIpc) is 3.18. The highest BCUT2D eigenvalue weighted by Crippen LogP contribution is 2.23. The third kappa shape index (κ3) is 4.42. The fourth-order valence-electron chi connectivity index (χ4n) is 3.22. The summed E-state index contributed by atoms with van der Waals surface area (Å²) in [6.45, 7) is 0.160. The van der Waals surface area contributed by atoms with E-state index < -0.39 is 15.9 Å². The van der Waals surface area contributed by atoms with Gasteiger partial charge in [-0.15, -0.1) is 0 Å². The zero-order chi connectivity index (χ0) is 22.0. The minimum Gasteiger partial charge on any atom is -0.508 e. The molecule has 0 fully saturated rings. The monoisotopic (exact) mass is 436 g/mol. The van der Waals surface area contributed by atoms with Gasteiger partial charge in [0.2, 0.25) is 15.9 Å². The summed E-state index contributed by atoms with van der Waals surface area (Å²) in [5.74, 6) is 0.163. The Balaban J connectivity index is 1.48. The number of nitrogens with one attached hydrogen (secondary N) is 2. The second kappa shape index (κ2) is 8.21. The molecule has 4 rings (SSSR count). The fraction of sp³-hybridized carbons (Fsp3) is 0.0909. The zero-order valence-corrected chi connectivity index (χ0v) is 17.2. The van der Waals surface area contributed by atoms with Gasteiger partial charge in [0.1, 0.15) is 11.6 Å². The summed E-state index contributed by atoms with van der Waals surface area (Å²) in [7, 11) is -3.70. The Morgan fingerprint density at radius 3 is 2.52 bits per heavy atom. The molecule has 9 heteroatoms. The van der Waals surface area contributed by atoms with Crippen LogP contribution in [0.25, 0.3) is 22.4 Å². The van der Waals surface area contributed by atoms with Gasteiger partial charge in [0.25, 0.3) is 0 Å². The summed E-state index contributed by atoms with van der Waals surface area (Å²) in [5.41, 5.74) is 8.38. The molecule has 5 N–H and O–H groups in total. The number of phenols is 1. The molecule has 158 valence electrons. The quantitative estimate of drug-likeness (QED) is 0.353. The van der Waals surface area contributed by atoms with E-state index in [0.29, 0.717) is 40.0 Å². The Bertz CT molecular complexity index is 1360. The molecule has 4 aromatic rings. The van der Waals surface area contributed by atoms with Crippen molar-refractivity contribution in [3.63, 3.8) is 0 Å². The number of nitrogens with zero attached hydrogens (tertiary/aromatic N) is 1. The molecule has 0 atom stereocenters. The molecule has 3 aromatic carbocycles. The molecule has 0 spiro atoms. The number of hydrogen-bond donors (Lipinski definition) is 4. The van der Waals surface area contributed by atoms with Crippen LogP contribution < -0.4 is 10.5 Å². The molecule has 0 aliphatic carbocycles. The number of primary amides is 1. The maximum absolute atomic E-state index is 12.6. The van der Waals surface area contributed by atoms with Gasteiger partial charge in [-0.3, -0.25) is 4.79 Å². The van der Waals surface area contributed by atoms with Crippen molar-refractivity contribution in [2.45, 2.75) is 11.3 Å². The number of phenolic OH excluding ortho intramolecular Hbond substituents is 1. The number of aromatic hydroxyl groups is 1. The van der Waals surface area contributed by atoms with Crippen molar-refractivity contribution in [1.29, 1.82) is 0 Å². The van der Waals surface area contributed by atoms with Crippen LogP contribution in [-0.2, 0) is 16.4 Å². The smallest absolute Gasteiger partial charge is 0.248 e. The van der Waals surface area contributed by atoms with Crippen molar-refractivity contribution < 1.29 is 18.3 Å². The van der Waals surface area contributed by atoms with Crippen molar-refractivity contribution in [2.24, 2.45) is 5.73 Å². The first-order valence-electron chi connectivity index (χ1n) is 9.50. The van der Waals surface area contributed by atoms with Crippen LogP contribution in [0, 0.1) is 0 Å². The SMILES string of the molecule is NC(=O)c1ccc2nc(-c3ccc(S(=O)(=O)NCCc4ccccc4O)cc3)[nH]c2c1. The first-order valence-corrected chi connectivity index (χ1v) is 11.0. The molecule has 0 aliphatic heterocycles.